The van der Waals surface area contributed by atoms with Crippen molar-refractivity contribution in [1.29, 1.82) is 0 Å². The Labute approximate surface area is 83.0 Å². The van der Waals surface area contributed by atoms with E-state index in [1.54, 1.807) is 0 Å². The Kier molecular flexibility index (Phi) is 3.11. The molecule has 0 bridgehead atoms. The summed E-state index contributed by atoms with van der Waals surface area (Å²) in [7, 11) is 0. The first-order valence-corrected chi connectivity index (χ1v) is 6.13. The van der Waals surface area contributed by atoms with Crippen LogP contribution in [-0.4, -0.2) is 36.0 Å². The monoisotopic (exact) mass is 200 g/mol. The van der Waals surface area contributed by atoms with Crippen molar-refractivity contribution in [2.75, 3.05) is 18.1 Å². The van der Waals surface area contributed by atoms with Crippen molar-refractivity contribution in [2.24, 2.45) is 0 Å². The van der Waals surface area contributed by atoms with E-state index in [0.29, 0.717) is 6.04 Å². The Hall–Kier alpha value is -0.220. The van der Waals surface area contributed by atoms with Gasteiger partial charge in [-0.15, -0.1) is 0 Å². The van der Waals surface area contributed by atoms with E-state index in [4.69, 9.17) is 0 Å². The maximum atomic E-state index is 11.6. The van der Waals surface area contributed by atoms with E-state index in [1.165, 1.54) is 19.3 Å². The van der Waals surface area contributed by atoms with Crippen LogP contribution in [0.5, 0.6) is 0 Å². The summed E-state index contributed by atoms with van der Waals surface area (Å²) in [6.45, 7) is 0.966. The second-order valence-corrected chi connectivity index (χ2v) is 4.87. The highest BCUT2D eigenvalue weighted by molar-refractivity contribution is 7.99. The molecule has 2 N–H and O–H groups in total. The van der Waals surface area contributed by atoms with Crippen LogP contribution in [0.1, 0.15) is 19.3 Å². The van der Waals surface area contributed by atoms with Gasteiger partial charge in [0.05, 0.1) is 6.04 Å². The van der Waals surface area contributed by atoms with Gasteiger partial charge in [-0.2, -0.15) is 11.8 Å². The van der Waals surface area contributed by atoms with Crippen molar-refractivity contribution in [3.63, 3.8) is 0 Å². The fraction of sp³-hybridized carbons (Fsp3) is 0.889. The van der Waals surface area contributed by atoms with E-state index in [0.717, 1.165) is 18.1 Å². The number of hydrogen-bond donors (Lipinski definition) is 2. The number of carbonyl (C=O) groups is 1. The Morgan fingerprint density at radius 1 is 1.46 bits per heavy atom. The minimum Gasteiger partial charge on any atom is -0.352 e. The first kappa shape index (κ1) is 9.34. The van der Waals surface area contributed by atoms with Crippen molar-refractivity contribution in [1.82, 2.24) is 10.6 Å². The van der Waals surface area contributed by atoms with Crippen LogP contribution in [0.2, 0.25) is 0 Å². The second-order valence-electron chi connectivity index (χ2n) is 3.72. The number of rotatable bonds is 2. The van der Waals surface area contributed by atoms with Gasteiger partial charge in [0.15, 0.2) is 0 Å². The zero-order chi connectivity index (χ0) is 9.10. The SMILES string of the molecule is O=C(NC1CCC1)C1CSCCN1. The summed E-state index contributed by atoms with van der Waals surface area (Å²) in [5, 5.41) is 6.31. The number of hydrogen-bond acceptors (Lipinski definition) is 3. The highest BCUT2D eigenvalue weighted by atomic mass is 32.2. The fourth-order valence-corrected chi connectivity index (χ4v) is 2.52. The summed E-state index contributed by atoms with van der Waals surface area (Å²) in [6.07, 6.45) is 3.62. The van der Waals surface area contributed by atoms with E-state index in [2.05, 4.69) is 10.6 Å². The van der Waals surface area contributed by atoms with E-state index >= 15 is 0 Å². The normalized spacial score (nSPS) is 29.4. The van der Waals surface area contributed by atoms with E-state index in [1.807, 2.05) is 11.8 Å². The molecule has 1 aliphatic heterocycles. The lowest BCUT2D eigenvalue weighted by Gasteiger charge is -2.30. The van der Waals surface area contributed by atoms with Gasteiger partial charge in [-0.25, -0.2) is 0 Å². The summed E-state index contributed by atoms with van der Waals surface area (Å²) in [5.74, 6) is 2.27. The van der Waals surface area contributed by atoms with Crippen LogP contribution < -0.4 is 10.6 Å². The topological polar surface area (TPSA) is 41.1 Å². The molecule has 1 heterocycles. The van der Waals surface area contributed by atoms with Crippen molar-refractivity contribution < 1.29 is 4.79 Å². The summed E-state index contributed by atoms with van der Waals surface area (Å²) in [6, 6.07) is 0.528. The first-order valence-electron chi connectivity index (χ1n) is 4.98. The fourth-order valence-electron chi connectivity index (χ4n) is 1.59. The van der Waals surface area contributed by atoms with Gasteiger partial charge in [0.1, 0.15) is 0 Å². The van der Waals surface area contributed by atoms with Crippen LogP contribution in [0.15, 0.2) is 0 Å². The smallest absolute Gasteiger partial charge is 0.238 e. The average molecular weight is 200 g/mol. The lowest BCUT2D eigenvalue weighted by Crippen LogP contribution is -2.52. The van der Waals surface area contributed by atoms with Crippen LogP contribution in [-0.2, 0) is 4.79 Å². The van der Waals surface area contributed by atoms with Crippen LogP contribution in [0, 0.1) is 0 Å². The molecule has 1 atom stereocenters. The van der Waals surface area contributed by atoms with Gasteiger partial charge < -0.3 is 10.6 Å². The van der Waals surface area contributed by atoms with Gasteiger partial charge in [0.25, 0.3) is 0 Å². The Morgan fingerprint density at radius 3 is 2.85 bits per heavy atom. The minimum absolute atomic E-state index is 0.0550. The summed E-state index contributed by atoms with van der Waals surface area (Å²) < 4.78 is 0. The van der Waals surface area contributed by atoms with Crippen LogP contribution >= 0.6 is 11.8 Å². The molecular formula is C9H16N2OS. The van der Waals surface area contributed by atoms with Gasteiger partial charge >= 0.3 is 0 Å². The van der Waals surface area contributed by atoms with Crippen molar-refractivity contribution in [3.05, 3.63) is 0 Å². The molecule has 3 nitrogen and oxygen atoms in total. The second kappa shape index (κ2) is 4.33. The predicted octanol–water partition coefficient (Wildman–Crippen LogP) is 0.360. The molecule has 1 amide bonds. The van der Waals surface area contributed by atoms with E-state index < -0.39 is 0 Å². The molecule has 2 aliphatic rings. The van der Waals surface area contributed by atoms with Crippen LogP contribution in [0.3, 0.4) is 0 Å². The zero-order valence-corrected chi connectivity index (χ0v) is 8.53. The van der Waals surface area contributed by atoms with Gasteiger partial charge in [0, 0.05) is 24.1 Å². The number of carbonyl (C=O) groups excluding carboxylic acids is 1. The standard InChI is InChI=1S/C9H16N2OS/c12-9(11-7-2-1-3-7)8-6-13-5-4-10-8/h7-8,10H,1-6H2,(H,11,12). The molecule has 13 heavy (non-hydrogen) atoms. The quantitative estimate of drug-likeness (QED) is 0.676. The highest BCUT2D eigenvalue weighted by Crippen LogP contribution is 2.18. The molecule has 0 aromatic rings. The van der Waals surface area contributed by atoms with Gasteiger partial charge in [0.2, 0.25) is 5.91 Å². The molecule has 2 rings (SSSR count). The number of thioether (sulfide) groups is 1. The molecule has 0 aromatic heterocycles. The third-order valence-electron chi connectivity index (χ3n) is 2.69. The maximum absolute atomic E-state index is 11.6. The molecule has 1 saturated carbocycles. The van der Waals surface area contributed by atoms with Crippen molar-refractivity contribution in [3.8, 4) is 0 Å². The van der Waals surface area contributed by atoms with Gasteiger partial charge in [-0.3, -0.25) is 4.79 Å². The van der Waals surface area contributed by atoms with Gasteiger partial charge in [-0.05, 0) is 19.3 Å². The van der Waals surface area contributed by atoms with E-state index in [9.17, 15) is 4.79 Å². The lowest BCUT2D eigenvalue weighted by molar-refractivity contribution is -0.123. The molecule has 1 unspecified atom stereocenters. The highest BCUT2D eigenvalue weighted by Gasteiger charge is 2.25. The molecule has 74 valence electrons. The summed E-state index contributed by atoms with van der Waals surface area (Å²) in [4.78, 5) is 11.6. The molecule has 2 fully saturated rings. The third-order valence-corrected chi connectivity index (χ3v) is 3.75. The average Bonchev–Trinajstić information content (AvgIpc) is 2.12. The number of amides is 1. The molecule has 0 aromatic carbocycles. The summed E-state index contributed by atoms with van der Waals surface area (Å²) >= 11 is 1.86. The largest absolute Gasteiger partial charge is 0.352 e. The van der Waals surface area contributed by atoms with Gasteiger partial charge in [-0.1, -0.05) is 0 Å². The first-order chi connectivity index (χ1) is 6.36. The molecule has 1 saturated heterocycles. The lowest BCUT2D eigenvalue weighted by atomic mass is 9.93. The molecular weight excluding hydrogens is 184 g/mol. The van der Waals surface area contributed by atoms with Crippen molar-refractivity contribution >= 4 is 17.7 Å². The van der Waals surface area contributed by atoms with Crippen LogP contribution in [0.25, 0.3) is 0 Å². The van der Waals surface area contributed by atoms with Crippen LogP contribution in [0.4, 0.5) is 0 Å². The van der Waals surface area contributed by atoms with Crippen molar-refractivity contribution in [2.45, 2.75) is 31.3 Å². The zero-order valence-electron chi connectivity index (χ0n) is 7.71. The molecule has 0 radical (unpaired) electrons. The Bertz CT molecular complexity index is 188. The Balaban J connectivity index is 1.74. The maximum Gasteiger partial charge on any atom is 0.238 e. The number of nitrogens with one attached hydrogen (secondary N) is 2. The minimum atomic E-state index is 0.0550. The molecule has 0 spiro atoms. The third kappa shape index (κ3) is 2.38. The molecule has 4 heteroatoms. The Morgan fingerprint density at radius 2 is 2.31 bits per heavy atom. The predicted molar refractivity (Wildman–Crippen MR) is 54.9 cm³/mol. The molecule has 1 aliphatic carbocycles. The summed E-state index contributed by atoms with van der Waals surface area (Å²) in [5.41, 5.74) is 0. The van der Waals surface area contributed by atoms with E-state index in [-0.39, 0.29) is 11.9 Å².